The largest absolute Gasteiger partial charge is 0.375 e. The lowest BCUT2D eigenvalue weighted by Gasteiger charge is -2.32. The third-order valence-electron chi connectivity index (χ3n) is 5.79. The number of fused-ring (bicyclic) bond motifs is 1. The maximum Gasteiger partial charge on any atom is 0.249 e. The van der Waals surface area contributed by atoms with E-state index in [0.29, 0.717) is 18.9 Å². The molecule has 2 aliphatic rings. The highest BCUT2D eigenvalue weighted by Gasteiger charge is 2.33. The molecule has 1 atom stereocenters. The number of aryl methyl sites for hydroxylation is 1. The molecule has 1 aromatic carbocycles. The van der Waals surface area contributed by atoms with Crippen LogP contribution in [-0.4, -0.2) is 47.6 Å². The van der Waals surface area contributed by atoms with Crippen LogP contribution in [0, 0.1) is 12.7 Å². The van der Waals surface area contributed by atoms with Crippen molar-refractivity contribution in [2.45, 2.75) is 45.2 Å². The summed E-state index contributed by atoms with van der Waals surface area (Å²) in [5.41, 5.74) is 3.21. The summed E-state index contributed by atoms with van der Waals surface area (Å²) < 4.78 is 18.3. The van der Waals surface area contributed by atoms with Crippen molar-refractivity contribution in [2.24, 2.45) is 0 Å². The molecule has 1 aromatic heterocycles. The third kappa shape index (κ3) is 4.10. The van der Waals surface area contributed by atoms with Gasteiger partial charge >= 0.3 is 0 Å². The van der Waals surface area contributed by atoms with Gasteiger partial charge in [-0.3, -0.25) is 4.79 Å². The van der Waals surface area contributed by atoms with Crippen LogP contribution in [0.15, 0.2) is 24.3 Å². The number of aromatic nitrogens is 2. The second kappa shape index (κ2) is 8.45. The Morgan fingerprint density at radius 3 is 2.76 bits per heavy atom. The zero-order valence-corrected chi connectivity index (χ0v) is 17.0. The first-order valence-corrected chi connectivity index (χ1v) is 10.2. The summed E-state index contributed by atoms with van der Waals surface area (Å²) in [5.74, 6) is 1.43. The standard InChI is InChI=1S/C22H27FN4O2/c1-15-18-5-3-11-26(13-16-7-9-17(23)10-8-16)22(18)25-21(24-15)19-6-4-12-27(19)20(28)14-29-2/h7-10,19H,3-6,11-14H2,1-2H3. The number of carbonyl (C=O) groups excluding carboxylic acids is 1. The van der Waals surface area contributed by atoms with Crippen LogP contribution in [0.4, 0.5) is 10.2 Å². The number of ether oxygens (including phenoxy) is 1. The molecule has 0 N–H and O–H groups in total. The third-order valence-corrected chi connectivity index (χ3v) is 5.79. The number of likely N-dealkylation sites (tertiary alicyclic amines) is 1. The van der Waals surface area contributed by atoms with Crippen molar-refractivity contribution in [3.63, 3.8) is 0 Å². The lowest BCUT2D eigenvalue weighted by atomic mass is 10.0. The maximum absolute atomic E-state index is 13.3. The normalized spacial score (nSPS) is 18.8. The second-order valence-electron chi connectivity index (χ2n) is 7.80. The lowest BCUT2D eigenvalue weighted by Crippen LogP contribution is -2.35. The highest BCUT2D eigenvalue weighted by Crippen LogP contribution is 2.34. The van der Waals surface area contributed by atoms with E-state index >= 15 is 0 Å². The van der Waals surface area contributed by atoms with Crippen molar-refractivity contribution < 1.29 is 13.9 Å². The van der Waals surface area contributed by atoms with E-state index in [-0.39, 0.29) is 24.4 Å². The summed E-state index contributed by atoms with van der Waals surface area (Å²) in [4.78, 5) is 26.3. The predicted molar refractivity (Wildman–Crippen MR) is 108 cm³/mol. The molecule has 1 saturated heterocycles. The van der Waals surface area contributed by atoms with Gasteiger partial charge in [0.1, 0.15) is 18.2 Å². The summed E-state index contributed by atoms with van der Waals surface area (Å²) in [5, 5.41) is 0. The average Bonchev–Trinajstić information content (AvgIpc) is 3.20. The van der Waals surface area contributed by atoms with E-state index in [0.717, 1.165) is 49.3 Å². The molecular weight excluding hydrogens is 371 g/mol. The van der Waals surface area contributed by atoms with Crippen LogP contribution in [0.1, 0.15) is 47.9 Å². The quantitative estimate of drug-likeness (QED) is 0.774. The predicted octanol–water partition coefficient (Wildman–Crippen LogP) is 3.19. The molecule has 0 saturated carbocycles. The van der Waals surface area contributed by atoms with Crippen LogP contribution in [0.3, 0.4) is 0 Å². The van der Waals surface area contributed by atoms with E-state index in [1.807, 2.05) is 24.0 Å². The van der Waals surface area contributed by atoms with Crippen LogP contribution in [-0.2, 0) is 22.5 Å². The van der Waals surface area contributed by atoms with Gasteiger partial charge in [0.15, 0.2) is 5.82 Å². The number of benzene rings is 1. The number of rotatable bonds is 5. The molecule has 1 fully saturated rings. The zero-order chi connectivity index (χ0) is 20.4. The second-order valence-corrected chi connectivity index (χ2v) is 7.80. The molecule has 154 valence electrons. The minimum absolute atomic E-state index is 0.0165. The monoisotopic (exact) mass is 398 g/mol. The number of hydrogen-bond acceptors (Lipinski definition) is 5. The van der Waals surface area contributed by atoms with Gasteiger partial charge in [0, 0.05) is 38.0 Å². The average molecular weight is 398 g/mol. The molecule has 6 nitrogen and oxygen atoms in total. The van der Waals surface area contributed by atoms with Crippen LogP contribution >= 0.6 is 0 Å². The molecule has 0 aliphatic carbocycles. The van der Waals surface area contributed by atoms with Gasteiger partial charge in [0.05, 0.1) is 6.04 Å². The van der Waals surface area contributed by atoms with Gasteiger partial charge in [0.25, 0.3) is 0 Å². The minimum Gasteiger partial charge on any atom is -0.375 e. The SMILES string of the molecule is COCC(=O)N1CCCC1c1nc(C)c2c(n1)N(Cc1ccc(F)cc1)CCC2. The van der Waals surface area contributed by atoms with E-state index in [1.54, 1.807) is 0 Å². The van der Waals surface area contributed by atoms with Crippen molar-refractivity contribution in [2.75, 3.05) is 31.7 Å². The van der Waals surface area contributed by atoms with Crippen LogP contribution in [0.2, 0.25) is 0 Å². The fraction of sp³-hybridized carbons (Fsp3) is 0.500. The molecule has 7 heteroatoms. The van der Waals surface area contributed by atoms with Crippen LogP contribution in [0.5, 0.6) is 0 Å². The molecule has 0 bridgehead atoms. The topological polar surface area (TPSA) is 58.6 Å². The summed E-state index contributed by atoms with van der Waals surface area (Å²) in [6, 6.07) is 6.53. The van der Waals surface area contributed by atoms with Gasteiger partial charge in [-0.15, -0.1) is 0 Å². The molecule has 29 heavy (non-hydrogen) atoms. The Hall–Kier alpha value is -2.54. The van der Waals surface area contributed by atoms with Crippen molar-refractivity contribution in [3.8, 4) is 0 Å². The Morgan fingerprint density at radius 2 is 2.00 bits per heavy atom. The molecular formula is C22H27FN4O2. The minimum atomic E-state index is -0.227. The van der Waals surface area contributed by atoms with Crippen molar-refractivity contribution >= 4 is 11.7 Å². The first kappa shape index (κ1) is 19.8. The zero-order valence-electron chi connectivity index (χ0n) is 17.0. The smallest absolute Gasteiger partial charge is 0.249 e. The van der Waals surface area contributed by atoms with Crippen LogP contribution in [0.25, 0.3) is 0 Å². The number of carbonyl (C=O) groups is 1. The highest BCUT2D eigenvalue weighted by molar-refractivity contribution is 5.78. The van der Waals surface area contributed by atoms with E-state index in [1.165, 1.54) is 24.8 Å². The number of amides is 1. The number of hydrogen-bond donors (Lipinski definition) is 0. The molecule has 2 aliphatic heterocycles. The fourth-order valence-electron chi connectivity index (χ4n) is 4.36. The van der Waals surface area contributed by atoms with Gasteiger partial charge in [0.2, 0.25) is 5.91 Å². The van der Waals surface area contributed by atoms with Gasteiger partial charge in [-0.05, 0) is 50.3 Å². The van der Waals surface area contributed by atoms with Crippen molar-refractivity contribution in [1.29, 1.82) is 0 Å². The molecule has 0 radical (unpaired) electrons. The molecule has 2 aromatic rings. The van der Waals surface area contributed by atoms with E-state index in [4.69, 9.17) is 14.7 Å². The first-order valence-electron chi connectivity index (χ1n) is 10.2. The van der Waals surface area contributed by atoms with E-state index in [9.17, 15) is 9.18 Å². The maximum atomic E-state index is 13.3. The number of anilines is 1. The van der Waals surface area contributed by atoms with Crippen molar-refractivity contribution in [1.82, 2.24) is 14.9 Å². The van der Waals surface area contributed by atoms with Gasteiger partial charge in [-0.1, -0.05) is 12.1 Å². The fourth-order valence-corrected chi connectivity index (χ4v) is 4.36. The van der Waals surface area contributed by atoms with E-state index < -0.39 is 0 Å². The Bertz CT molecular complexity index is 887. The first-order chi connectivity index (χ1) is 14.1. The molecule has 1 unspecified atom stereocenters. The Balaban J connectivity index is 1.64. The van der Waals surface area contributed by atoms with Crippen molar-refractivity contribution in [3.05, 3.63) is 52.7 Å². The molecule has 3 heterocycles. The highest BCUT2D eigenvalue weighted by atomic mass is 19.1. The van der Waals surface area contributed by atoms with E-state index in [2.05, 4.69) is 4.90 Å². The summed E-state index contributed by atoms with van der Waals surface area (Å²) in [7, 11) is 1.54. The van der Waals surface area contributed by atoms with Gasteiger partial charge < -0.3 is 14.5 Å². The molecule has 1 amide bonds. The summed E-state index contributed by atoms with van der Waals surface area (Å²) >= 11 is 0. The number of nitrogens with zero attached hydrogens (tertiary/aromatic N) is 4. The lowest BCUT2D eigenvalue weighted by molar-refractivity contribution is -0.136. The summed E-state index contributed by atoms with van der Waals surface area (Å²) in [6.07, 6.45) is 3.81. The Morgan fingerprint density at radius 1 is 1.21 bits per heavy atom. The summed E-state index contributed by atoms with van der Waals surface area (Å²) in [6.45, 7) is 4.40. The number of methoxy groups -OCH3 is 1. The van der Waals surface area contributed by atoms with Gasteiger partial charge in [-0.25, -0.2) is 14.4 Å². The Labute approximate surface area is 170 Å². The Kier molecular flexibility index (Phi) is 5.76. The molecule has 0 spiro atoms. The van der Waals surface area contributed by atoms with Gasteiger partial charge in [-0.2, -0.15) is 0 Å². The van der Waals surface area contributed by atoms with Crippen LogP contribution < -0.4 is 4.90 Å². The molecule has 4 rings (SSSR count). The number of halogens is 1.